The van der Waals surface area contributed by atoms with Crippen LogP contribution in [-0.4, -0.2) is 8.07 Å². The van der Waals surface area contributed by atoms with Crippen LogP contribution < -0.4 is 0 Å². The van der Waals surface area contributed by atoms with E-state index in [1.54, 1.807) is 0 Å². The van der Waals surface area contributed by atoms with E-state index in [2.05, 4.69) is 43.2 Å². The summed E-state index contributed by atoms with van der Waals surface area (Å²) in [5.74, 6) is 0. The molecule has 0 spiro atoms. The summed E-state index contributed by atoms with van der Waals surface area (Å²) in [6.07, 6.45) is 2.04. The summed E-state index contributed by atoms with van der Waals surface area (Å²) in [4.78, 5) is 0. The molecule has 0 bridgehead atoms. The van der Waals surface area contributed by atoms with E-state index in [0.717, 1.165) is 0 Å². The second-order valence-corrected chi connectivity index (χ2v) is 9.25. The molecule has 0 saturated carbocycles. The van der Waals surface area contributed by atoms with Gasteiger partial charge in [0.25, 0.3) is 0 Å². The third-order valence-electron chi connectivity index (χ3n) is 1.57. The van der Waals surface area contributed by atoms with Crippen LogP contribution >= 0.6 is 0 Å². The number of hydrogen-bond acceptors (Lipinski definition) is 0. The molecule has 0 amide bonds. The van der Waals surface area contributed by atoms with E-state index in [-0.39, 0.29) is 0 Å². The lowest BCUT2D eigenvalue weighted by atomic mass is 10.2. The highest BCUT2D eigenvalue weighted by atomic mass is 28.3. The van der Waals surface area contributed by atoms with Gasteiger partial charge in [-0.25, -0.2) is 0 Å². The van der Waals surface area contributed by atoms with Gasteiger partial charge in [-0.1, -0.05) is 55.7 Å². The fourth-order valence-electron chi connectivity index (χ4n) is 0.937. The van der Waals surface area contributed by atoms with Gasteiger partial charge in [-0.3, -0.25) is 0 Å². The first kappa shape index (κ1) is 10.0. The van der Waals surface area contributed by atoms with Crippen LogP contribution in [0.15, 0.2) is 41.8 Å². The van der Waals surface area contributed by atoms with E-state index < -0.39 is 8.07 Å². The molecule has 0 fully saturated rings. The Morgan fingerprint density at radius 3 is 2.23 bits per heavy atom. The summed E-state index contributed by atoms with van der Waals surface area (Å²) in [5, 5.41) is 0. The minimum absolute atomic E-state index is 1.08. The normalized spacial score (nSPS) is 10.4. The van der Waals surface area contributed by atoms with Crippen molar-refractivity contribution in [3.05, 3.63) is 47.3 Å². The van der Waals surface area contributed by atoms with Crippen molar-refractivity contribution in [2.24, 2.45) is 0 Å². The van der Waals surface area contributed by atoms with Crippen LogP contribution in [0.25, 0.3) is 6.08 Å². The van der Waals surface area contributed by atoms with Crippen molar-refractivity contribution in [1.82, 2.24) is 0 Å². The van der Waals surface area contributed by atoms with Crippen molar-refractivity contribution >= 4 is 14.1 Å². The van der Waals surface area contributed by atoms with Crippen LogP contribution in [0, 0.1) is 0 Å². The van der Waals surface area contributed by atoms with E-state index in [9.17, 15) is 0 Å². The van der Waals surface area contributed by atoms with E-state index in [4.69, 9.17) is 0 Å². The quantitative estimate of drug-likeness (QED) is 0.490. The SMILES string of the molecule is C[Si](C)(C)C=C=Cc1ccccc1. The molecular formula is C12H16Si. The monoisotopic (exact) mass is 188 g/mol. The van der Waals surface area contributed by atoms with Crippen LogP contribution in [0.2, 0.25) is 19.6 Å². The Labute approximate surface area is 81.6 Å². The van der Waals surface area contributed by atoms with Gasteiger partial charge >= 0.3 is 0 Å². The molecule has 1 aromatic rings. The van der Waals surface area contributed by atoms with Gasteiger partial charge in [0.2, 0.25) is 0 Å². The maximum atomic E-state index is 3.25. The average molecular weight is 188 g/mol. The Balaban J connectivity index is 2.75. The zero-order valence-electron chi connectivity index (χ0n) is 8.54. The third kappa shape index (κ3) is 4.51. The molecular weight excluding hydrogens is 172 g/mol. The summed E-state index contributed by atoms with van der Waals surface area (Å²) < 4.78 is 0. The molecule has 0 aromatic heterocycles. The first-order valence-electron chi connectivity index (χ1n) is 4.57. The first-order chi connectivity index (χ1) is 6.08. The maximum absolute atomic E-state index is 3.25. The van der Waals surface area contributed by atoms with Gasteiger partial charge in [0.1, 0.15) is 0 Å². The Kier molecular flexibility index (Phi) is 3.29. The summed E-state index contributed by atoms with van der Waals surface area (Å²) in [7, 11) is -1.08. The van der Waals surface area contributed by atoms with E-state index in [1.807, 2.05) is 24.3 Å². The Morgan fingerprint density at radius 1 is 1.08 bits per heavy atom. The van der Waals surface area contributed by atoms with Crippen molar-refractivity contribution in [3.8, 4) is 0 Å². The topological polar surface area (TPSA) is 0 Å². The van der Waals surface area contributed by atoms with Crippen molar-refractivity contribution in [3.63, 3.8) is 0 Å². The second-order valence-electron chi connectivity index (χ2n) is 4.23. The van der Waals surface area contributed by atoms with Crippen LogP contribution in [-0.2, 0) is 0 Å². The largest absolute Gasteiger partial charge is 0.129 e. The Morgan fingerprint density at radius 2 is 1.69 bits per heavy atom. The number of benzene rings is 1. The predicted molar refractivity (Wildman–Crippen MR) is 62.3 cm³/mol. The van der Waals surface area contributed by atoms with Crippen molar-refractivity contribution in [2.75, 3.05) is 0 Å². The van der Waals surface area contributed by atoms with Crippen LogP contribution in [0.1, 0.15) is 5.56 Å². The zero-order valence-corrected chi connectivity index (χ0v) is 9.54. The standard InChI is InChI=1S/C12H16Si/c1-13(2,3)11-7-10-12-8-5-4-6-9-12/h4-6,8-11H,1-3H3. The minimum atomic E-state index is -1.08. The van der Waals surface area contributed by atoms with Gasteiger partial charge in [0.15, 0.2) is 0 Å². The molecule has 0 atom stereocenters. The molecule has 0 saturated heterocycles. The highest BCUT2D eigenvalue weighted by Gasteiger charge is 2.05. The van der Waals surface area contributed by atoms with Crippen LogP contribution in [0.3, 0.4) is 0 Å². The van der Waals surface area contributed by atoms with Gasteiger partial charge < -0.3 is 0 Å². The smallest absolute Gasteiger partial charge is 0.0781 e. The van der Waals surface area contributed by atoms with Gasteiger partial charge in [-0.2, -0.15) is 0 Å². The van der Waals surface area contributed by atoms with Gasteiger partial charge in [-0.15, -0.1) is 5.73 Å². The van der Waals surface area contributed by atoms with Crippen molar-refractivity contribution in [1.29, 1.82) is 0 Å². The molecule has 13 heavy (non-hydrogen) atoms. The zero-order chi connectivity index (χ0) is 9.73. The fraction of sp³-hybridized carbons (Fsp3) is 0.250. The van der Waals surface area contributed by atoms with E-state index >= 15 is 0 Å². The summed E-state index contributed by atoms with van der Waals surface area (Å²) >= 11 is 0. The van der Waals surface area contributed by atoms with Crippen molar-refractivity contribution < 1.29 is 0 Å². The van der Waals surface area contributed by atoms with Gasteiger partial charge in [-0.05, 0) is 11.6 Å². The highest BCUT2D eigenvalue weighted by molar-refractivity contribution is 6.80. The second kappa shape index (κ2) is 4.27. The average Bonchev–Trinajstić information content (AvgIpc) is 2.04. The maximum Gasteiger partial charge on any atom is 0.0781 e. The minimum Gasteiger partial charge on any atom is -0.129 e. The molecule has 1 heteroatoms. The van der Waals surface area contributed by atoms with E-state index in [1.165, 1.54) is 5.56 Å². The molecule has 0 aliphatic carbocycles. The fourth-order valence-corrected chi connectivity index (χ4v) is 1.52. The van der Waals surface area contributed by atoms with Crippen LogP contribution in [0.4, 0.5) is 0 Å². The summed E-state index contributed by atoms with van der Waals surface area (Å²) in [5.41, 5.74) is 6.70. The molecule has 0 unspecified atom stereocenters. The third-order valence-corrected chi connectivity index (χ3v) is 2.60. The molecule has 68 valence electrons. The van der Waals surface area contributed by atoms with Crippen LogP contribution in [0.5, 0.6) is 0 Å². The Hall–Kier alpha value is -1.04. The number of hydrogen-bond donors (Lipinski definition) is 0. The first-order valence-corrected chi connectivity index (χ1v) is 8.14. The highest BCUT2D eigenvalue weighted by Crippen LogP contribution is 2.03. The molecule has 1 rings (SSSR count). The molecule has 1 aromatic carbocycles. The number of rotatable bonds is 2. The molecule has 0 heterocycles. The van der Waals surface area contributed by atoms with Gasteiger partial charge in [0, 0.05) is 0 Å². The van der Waals surface area contributed by atoms with E-state index in [0.29, 0.717) is 0 Å². The summed E-state index contributed by atoms with van der Waals surface area (Å²) in [6.45, 7) is 6.91. The van der Waals surface area contributed by atoms with Gasteiger partial charge in [0.05, 0.1) is 8.07 Å². The summed E-state index contributed by atoms with van der Waals surface area (Å²) in [6, 6.07) is 10.3. The molecule has 0 aliphatic heterocycles. The predicted octanol–water partition coefficient (Wildman–Crippen LogP) is 3.73. The molecule has 0 N–H and O–H groups in total. The lowest BCUT2D eigenvalue weighted by molar-refractivity contribution is 1.66. The van der Waals surface area contributed by atoms with Crippen molar-refractivity contribution in [2.45, 2.75) is 19.6 Å². The Bertz CT molecular complexity index is 311. The molecule has 0 aliphatic rings. The molecule has 0 radical (unpaired) electrons. The molecule has 0 nitrogen and oxygen atoms in total. The lowest BCUT2D eigenvalue weighted by Crippen LogP contribution is -2.14. The lowest BCUT2D eigenvalue weighted by Gasteiger charge is -2.04.